The van der Waals surface area contributed by atoms with Crippen LogP contribution in [-0.4, -0.2) is 45.0 Å². The molecule has 1 heterocycles. The van der Waals surface area contributed by atoms with Crippen LogP contribution in [0.3, 0.4) is 0 Å². The van der Waals surface area contributed by atoms with Gasteiger partial charge in [0.25, 0.3) is 5.91 Å². The van der Waals surface area contributed by atoms with Gasteiger partial charge < -0.3 is 10.0 Å². The van der Waals surface area contributed by atoms with E-state index in [1.165, 1.54) is 11.1 Å². The summed E-state index contributed by atoms with van der Waals surface area (Å²) in [6.07, 6.45) is 3.05. The lowest BCUT2D eigenvalue weighted by Crippen LogP contribution is -2.34. The molecule has 110 valence electrons. The second kappa shape index (κ2) is 6.21. The maximum atomic E-state index is 12.4. The van der Waals surface area contributed by atoms with Gasteiger partial charge in [-0.15, -0.1) is 0 Å². The minimum atomic E-state index is -0.925. The first-order valence-corrected chi connectivity index (χ1v) is 6.56. The van der Waals surface area contributed by atoms with Crippen LogP contribution < -0.4 is 0 Å². The fraction of sp³-hybridized carbons (Fsp3) is 0.267. The Balaban J connectivity index is 2.21. The average Bonchev–Trinajstić information content (AvgIpc) is 2.96. The van der Waals surface area contributed by atoms with Gasteiger partial charge in [0.15, 0.2) is 0 Å². The number of hydrogen-bond acceptors (Lipinski definition) is 3. The first-order chi connectivity index (χ1) is 10.0. The van der Waals surface area contributed by atoms with Crippen LogP contribution >= 0.6 is 0 Å². The van der Waals surface area contributed by atoms with Crippen molar-refractivity contribution in [3.05, 3.63) is 48.5 Å². The van der Waals surface area contributed by atoms with E-state index in [9.17, 15) is 9.59 Å². The molecule has 0 aliphatic carbocycles. The van der Waals surface area contributed by atoms with Crippen molar-refractivity contribution in [3.63, 3.8) is 0 Å². The molecule has 1 atom stereocenters. The number of carboxylic acids is 1. The molecule has 0 fully saturated rings. The second-order valence-corrected chi connectivity index (χ2v) is 4.91. The highest BCUT2D eigenvalue weighted by atomic mass is 16.4. The van der Waals surface area contributed by atoms with E-state index >= 15 is 0 Å². The van der Waals surface area contributed by atoms with Crippen molar-refractivity contribution in [2.45, 2.75) is 6.92 Å². The third-order valence-electron chi connectivity index (χ3n) is 3.21. The number of para-hydroxylation sites is 1. The van der Waals surface area contributed by atoms with Gasteiger partial charge in [-0.25, -0.2) is 4.98 Å². The van der Waals surface area contributed by atoms with E-state index in [-0.39, 0.29) is 12.5 Å². The van der Waals surface area contributed by atoms with Gasteiger partial charge in [-0.2, -0.15) is 0 Å². The molecule has 21 heavy (non-hydrogen) atoms. The van der Waals surface area contributed by atoms with E-state index in [0.717, 1.165) is 5.69 Å². The first kappa shape index (κ1) is 14.8. The molecule has 0 radical (unpaired) electrons. The molecule has 1 aromatic carbocycles. The lowest BCUT2D eigenvalue weighted by Gasteiger charge is -2.20. The molecule has 0 aliphatic heterocycles. The molecule has 6 nitrogen and oxygen atoms in total. The normalized spacial score (nSPS) is 11.9. The van der Waals surface area contributed by atoms with Gasteiger partial charge in [0.2, 0.25) is 0 Å². The Hall–Kier alpha value is -2.63. The lowest BCUT2D eigenvalue weighted by molar-refractivity contribution is -0.141. The van der Waals surface area contributed by atoms with Crippen molar-refractivity contribution in [3.8, 4) is 5.69 Å². The van der Waals surface area contributed by atoms with E-state index < -0.39 is 11.9 Å². The van der Waals surface area contributed by atoms with Crippen molar-refractivity contribution < 1.29 is 14.7 Å². The van der Waals surface area contributed by atoms with Crippen LogP contribution in [0.1, 0.15) is 17.4 Å². The number of carbonyl (C=O) groups excluding carboxylic acids is 1. The van der Waals surface area contributed by atoms with Crippen LogP contribution in [0, 0.1) is 5.92 Å². The summed E-state index contributed by atoms with van der Waals surface area (Å²) in [6.45, 7) is 1.72. The van der Waals surface area contributed by atoms with Crippen LogP contribution in [0.15, 0.2) is 42.9 Å². The summed E-state index contributed by atoms with van der Waals surface area (Å²) in [6, 6.07) is 9.39. The first-order valence-electron chi connectivity index (χ1n) is 6.56. The van der Waals surface area contributed by atoms with Crippen molar-refractivity contribution in [2.75, 3.05) is 13.6 Å². The zero-order chi connectivity index (χ0) is 15.4. The maximum absolute atomic E-state index is 12.4. The summed E-state index contributed by atoms with van der Waals surface area (Å²) in [5, 5.41) is 8.92. The van der Waals surface area contributed by atoms with Crippen molar-refractivity contribution in [1.29, 1.82) is 0 Å². The standard InChI is InChI=1S/C15H17N3O3/c1-11(15(20)21)9-17(2)14(19)13-8-16-10-18(13)12-6-4-3-5-7-12/h3-8,10-11H,9H2,1-2H3,(H,20,21). The summed E-state index contributed by atoms with van der Waals surface area (Å²) in [5.41, 5.74) is 1.24. The minimum absolute atomic E-state index is 0.147. The Morgan fingerprint density at radius 3 is 2.62 bits per heavy atom. The number of carboxylic acid groups (broad SMARTS) is 1. The van der Waals surface area contributed by atoms with Gasteiger partial charge in [-0.3, -0.25) is 14.2 Å². The molecule has 1 N–H and O–H groups in total. The molecule has 0 saturated carbocycles. The monoisotopic (exact) mass is 287 g/mol. The van der Waals surface area contributed by atoms with Gasteiger partial charge in [0.1, 0.15) is 5.69 Å². The smallest absolute Gasteiger partial charge is 0.308 e. The third kappa shape index (κ3) is 3.28. The molecule has 0 spiro atoms. The number of benzene rings is 1. The number of carbonyl (C=O) groups is 2. The molecule has 2 aromatic rings. The minimum Gasteiger partial charge on any atom is -0.481 e. The molecule has 1 amide bonds. The molecule has 1 unspecified atom stereocenters. The van der Waals surface area contributed by atoms with Gasteiger partial charge in [-0.05, 0) is 12.1 Å². The molecule has 0 bridgehead atoms. The van der Waals surface area contributed by atoms with E-state index in [1.54, 1.807) is 24.9 Å². The van der Waals surface area contributed by atoms with Crippen molar-refractivity contribution in [1.82, 2.24) is 14.5 Å². The number of aliphatic carboxylic acids is 1. The predicted octanol–water partition coefficient (Wildman–Crippen LogP) is 1.67. The fourth-order valence-electron chi connectivity index (χ4n) is 2.01. The highest BCUT2D eigenvalue weighted by Gasteiger charge is 2.21. The van der Waals surface area contributed by atoms with Crippen LogP contribution in [0.4, 0.5) is 0 Å². The van der Waals surface area contributed by atoms with E-state index in [4.69, 9.17) is 5.11 Å². The Bertz CT molecular complexity index is 637. The molecule has 6 heteroatoms. The Kier molecular flexibility index (Phi) is 4.37. The van der Waals surface area contributed by atoms with Crippen molar-refractivity contribution >= 4 is 11.9 Å². The van der Waals surface area contributed by atoms with Gasteiger partial charge in [0.05, 0.1) is 18.4 Å². The summed E-state index contributed by atoms with van der Waals surface area (Å²) >= 11 is 0. The molecular weight excluding hydrogens is 270 g/mol. The summed E-state index contributed by atoms with van der Waals surface area (Å²) in [4.78, 5) is 28.7. The quantitative estimate of drug-likeness (QED) is 0.907. The van der Waals surface area contributed by atoms with E-state index in [1.807, 2.05) is 30.3 Å². The highest BCUT2D eigenvalue weighted by Crippen LogP contribution is 2.13. The SMILES string of the molecule is CC(CN(C)C(=O)c1cncn1-c1ccccc1)C(=O)O. The fourth-order valence-corrected chi connectivity index (χ4v) is 2.01. The maximum Gasteiger partial charge on any atom is 0.308 e. The Morgan fingerprint density at radius 2 is 2.00 bits per heavy atom. The van der Waals surface area contributed by atoms with Crippen LogP contribution in [-0.2, 0) is 4.79 Å². The number of aromatic nitrogens is 2. The topological polar surface area (TPSA) is 75.4 Å². The number of imidazole rings is 1. The second-order valence-electron chi connectivity index (χ2n) is 4.91. The van der Waals surface area contributed by atoms with Gasteiger partial charge >= 0.3 is 5.97 Å². The lowest BCUT2D eigenvalue weighted by atomic mass is 10.1. The average molecular weight is 287 g/mol. The predicted molar refractivity (Wildman–Crippen MR) is 77.3 cm³/mol. The largest absolute Gasteiger partial charge is 0.481 e. The van der Waals surface area contributed by atoms with Crippen LogP contribution in [0.5, 0.6) is 0 Å². The van der Waals surface area contributed by atoms with Gasteiger partial charge in [0, 0.05) is 19.3 Å². The number of nitrogens with zero attached hydrogens (tertiary/aromatic N) is 3. The zero-order valence-corrected chi connectivity index (χ0v) is 11.9. The molecule has 1 aromatic heterocycles. The molecule has 0 aliphatic rings. The van der Waals surface area contributed by atoms with Crippen LogP contribution in [0.2, 0.25) is 0 Å². The summed E-state index contributed by atoms with van der Waals surface area (Å²) in [7, 11) is 1.59. The Labute approximate surface area is 122 Å². The zero-order valence-electron chi connectivity index (χ0n) is 11.9. The highest BCUT2D eigenvalue weighted by molar-refractivity contribution is 5.93. The van der Waals surface area contributed by atoms with Gasteiger partial charge in [-0.1, -0.05) is 25.1 Å². The van der Waals surface area contributed by atoms with Crippen LogP contribution in [0.25, 0.3) is 5.69 Å². The molecule has 0 saturated heterocycles. The van der Waals surface area contributed by atoms with Crippen molar-refractivity contribution in [2.24, 2.45) is 5.92 Å². The molecular formula is C15H17N3O3. The Morgan fingerprint density at radius 1 is 1.33 bits per heavy atom. The number of amides is 1. The van der Waals surface area contributed by atoms with E-state index in [2.05, 4.69) is 4.98 Å². The third-order valence-corrected chi connectivity index (χ3v) is 3.21. The molecule has 2 rings (SSSR count). The summed E-state index contributed by atoms with van der Waals surface area (Å²) < 4.78 is 1.68. The summed E-state index contributed by atoms with van der Waals surface area (Å²) in [5.74, 6) is -1.80. The van der Waals surface area contributed by atoms with E-state index in [0.29, 0.717) is 5.69 Å². The number of hydrogen-bond donors (Lipinski definition) is 1. The number of rotatable bonds is 5.